The molecule has 1 heterocycles. The third-order valence-electron chi connectivity index (χ3n) is 3.86. The number of thioether (sulfide) groups is 1. The predicted molar refractivity (Wildman–Crippen MR) is 83.2 cm³/mol. The Bertz CT molecular complexity index is 481. The fourth-order valence-electron chi connectivity index (χ4n) is 2.75. The van der Waals surface area contributed by atoms with Gasteiger partial charge in [0.05, 0.1) is 4.92 Å². The molecular formula is C14H21N3O2S. The van der Waals surface area contributed by atoms with E-state index < -0.39 is 0 Å². The molecule has 0 unspecified atom stereocenters. The fourth-order valence-corrected chi connectivity index (χ4v) is 3.76. The molecule has 1 saturated heterocycles. The summed E-state index contributed by atoms with van der Waals surface area (Å²) in [5.74, 6) is 0. The monoisotopic (exact) mass is 295 g/mol. The number of nitrogens with zero attached hydrogens (tertiary/aromatic N) is 3. The minimum absolute atomic E-state index is 0.224. The number of rotatable bonds is 5. The lowest BCUT2D eigenvalue weighted by Crippen LogP contribution is -2.36. The first-order valence-corrected chi connectivity index (χ1v) is 7.95. The van der Waals surface area contributed by atoms with Gasteiger partial charge in [0.15, 0.2) is 0 Å². The van der Waals surface area contributed by atoms with Gasteiger partial charge in [0.1, 0.15) is 0 Å². The van der Waals surface area contributed by atoms with Gasteiger partial charge in [-0.3, -0.25) is 15.0 Å². The summed E-state index contributed by atoms with van der Waals surface area (Å²) in [5, 5.41) is 11.6. The first kappa shape index (κ1) is 15.3. The molecule has 5 nitrogen and oxygen atoms in total. The molecule has 1 aromatic rings. The van der Waals surface area contributed by atoms with Gasteiger partial charge >= 0.3 is 0 Å². The van der Waals surface area contributed by atoms with Gasteiger partial charge in [0, 0.05) is 42.6 Å². The topological polar surface area (TPSA) is 49.6 Å². The van der Waals surface area contributed by atoms with Crippen LogP contribution in [0.2, 0.25) is 0 Å². The lowest BCUT2D eigenvalue weighted by Gasteiger charge is -2.23. The third kappa shape index (κ3) is 3.31. The van der Waals surface area contributed by atoms with Crippen LogP contribution in [0.1, 0.15) is 5.56 Å². The number of hydrogen-bond donors (Lipinski definition) is 0. The van der Waals surface area contributed by atoms with E-state index in [0.29, 0.717) is 17.8 Å². The SMILES string of the molecule is CS[C@@H]1CN(Cc2ccccc2[N+](=O)[O-])C[C@H]1N(C)C. The molecule has 0 saturated carbocycles. The Hall–Kier alpha value is -1.11. The van der Waals surface area contributed by atoms with Crippen LogP contribution in [0.5, 0.6) is 0 Å². The van der Waals surface area contributed by atoms with Crippen molar-refractivity contribution in [1.82, 2.24) is 9.80 Å². The second kappa shape index (κ2) is 6.56. The van der Waals surface area contributed by atoms with Gasteiger partial charge in [0.2, 0.25) is 0 Å². The molecule has 1 aliphatic rings. The number of hydrogen-bond acceptors (Lipinski definition) is 5. The smallest absolute Gasteiger partial charge is 0.273 e. The molecule has 0 aromatic heterocycles. The van der Waals surface area contributed by atoms with Crippen molar-refractivity contribution in [3.8, 4) is 0 Å². The Labute approximate surface area is 124 Å². The molecule has 0 aliphatic carbocycles. The van der Waals surface area contributed by atoms with Crippen LogP contribution in [0.25, 0.3) is 0 Å². The first-order chi connectivity index (χ1) is 9.52. The summed E-state index contributed by atoms with van der Waals surface area (Å²) in [4.78, 5) is 15.3. The molecule has 2 atom stereocenters. The normalized spacial score (nSPS) is 23.4. The molecule has 1 aromatic carbocycles. The Morgan fingerprint density at radius 3 is 2.65 bits per heavy atom. The summed E-state index contributed by atoms with van der Waals surface area (Å²) in [7, 11) is 4.20. The van der Waals surface area contributed by atoms with Crippen molar-refractivity contribution < 1.29 is 4.92 Å². The number of benzene rings is 1. The van der Waals surface area contributed by atoms with Gasteiger partial charge < -0.3 is 4.90 Å². The highest BCUT2D eigenvalue weighted by atomic mass is 32.2. The summed E-state index contributed by atoms with van der Waals surface area (Å²) >= 11 is 1.88. The highest BCUT2D eigenvalue weighted by molar-refractivity contribution is 7.99. The van der Waals surface area contributed by atoms with Gasteiger partial charge in [-0.1, -0.05) is 18.2 Å². The molecule has 0 amide bonds. The van der Waals surface area contributed by atoms with E-state index in [0.717, 1.165) is 18.7 Å². The zero-order valence-corrected chi connectivity index (χ0v) is 13.0. The van der Waals surface area contributed by atoms with Crippen molar-refractivity contribution in [2.45, 2.75) is 17.8 Å². The second-order valence-electron chi connectivity index (χ2n) is 5.39. The van der Waals surface area contributed by atoms with Gasteiger partial charge in [-0.05, 0) is 20.4 Å². The van der Waals surface area contributed by atoms with Crippen LogP contribution in [0.15, 0.2) is 24.3 Å². The molecule has 6 heteroatoms. The largest absolute Gasteiger partial charge is 0.304 e. The third-order valence-corrected chi connectivity index (χ3v) is 4.93. The summed E-state index contributed by atoms with van der Waals surface area (Å²) in [6, 6.07) is 7.54. The summed E-state index contributed by atoms with van der Waals surface area (Å²) < 4.78 is 0. The number of nitro benzene ring substituents is 1. The maximum atomic E-state index is 11.1. The molecule has 0 radical (unpaired) electrons. The predicted octanol–water partition coefficient (Wildman–Crippen LogP) is 2.07. The van der Waals surface area contributed by atoms with Crippen molar-refractivity contribution >= 4 is 17.4 Å². The fraction of sp³-hybridized carbons (Fsp3) is 0.571. The quantitative estimate of drug-likeness (QED) is 0.615. The average Bonchev–Trinajstić information content (AvgIpc) is 2.82. The van der Waals surface area contributed by atoms with Crippen molar-refractivity contribution in [3.05, 3.63) is 39.9 Å². The van der Waals surface area contributed by atoms with Crippen molar-refractivity contribution in [2.24, 2.45) is 0 Å². The van der Waals surface area contributed by atoms with Gasteiger partial charge in [-0.2, -0.15) is 11.8 Å². The van der Waals surface area contributed by atoms with Crippen LogP contribution < -0.4 is 0 Å². The molecule has 0 bridgehead atoms. The van der Waals surface area contributed by atoms with Crippen LogP contribution in [-0.4, -0.2) is 59.5 Å². The Kier molecular flexibility index (Phi) is 5.01. The van der Waals surface area contributed by atoms with Gasteiger partial charge in [-0.25, -0.2) is 0 Å². The van der Waals surface area contributed by atoms with Crippen LogP contribution in [0, 0.1) is 10.1 Å². The van der Waals surface area contributed by atoms with E-state index in [1.165, 1.54) is 0 Å². The number of nitro groups is 1. The Morgan fingerprint density at radius 2 is 2.10 bits per heavy atom. The van der Waals surface area contributed by atoms with E-state index in [4.69, 9.17) is 0 Å². The Morgan fingerprint density at radius 1 is 1.40 bits per heavy atom. The molecule has 110 valence electrons. The molecule has 20 heavy (non-hydrogen) atoms. The maximum absolute atomic E-state index is 11.1. The molecule has 1 aliphatic heterocycles. The van der Waals surface area contributed by atoms with E-state index >= 15 is 0 Å². The van der Waals surface area contributed by atoms with Crippen molar-refractivity contribution in [2.75, 3.05) is 33.4 Å². The molecule has 0 spiro atoms. The molecule has 0 N–H and O–H groups in total. The molecule has 1 fully saturated rings. The average molecular weight is 295 g/mol. The van der Waals surface area contributed by atoms with E-state index in [1.54, 1.807) is 12.1 Å². The molecular weight excluding hydrogens is 274 g/mol. The number of para-hydroxylation sites is 1. The zero-order chi connectivity index (χ0) is 14.7. The highest BCUT2D eigenvalue weighted by Gasteiger charge is 2.34. The highest BCUT2D eigenvalue weighted by Crippen LogP contribution is 2.27. The maximum Gasteiger partial charge on any atom is 0.273 e. The van der Waals surface area contributed by atoms with Crippen molar-refractivity contribution in [3.63, 3.8) is 0 Å². The lowest BCUT2D eigenvalue weighted by atomic mass is 10.1. The molecule has 2 rings (SSSR count). The minimum atomic E-state index is -0.291. The first-order valence-electron chi connectivity index (χ1n) is 6.66. The van der Waals surface area contributed by atoms with E-state index in [1.807, 2.05) is 23.9 Å². The van der Waals surface area contributed by atoms with Crippen LogP contribution in [0.3, 0.4) is 0 Å². The second-order valence-corrected chi connectivity index (χ2v) is 6.46. The standard InChI is InChI=1S/C14H21N3O2S/c1-15(2)13-9-16(10-14(13)20-3)8-11-6-4-5-7-12(11)17(18)19/h4-7,13-14H,8-10H2,1-3H3/t13-,14-/m1/s1. The lowest BCUT2D eigenvalue weighted by molar-refractivity contribution is -0.385. The van der Waals surface area contributed by atoms with Gasteiger partial charge in [-0.15, -0.1) is 0 Å². The Balaban J connectivity index is 2.10. The zero-order valence-electron chi connectivity index (χ0n) is 12.2. The van der Waals surface area contributed by atoms with Crippen molar-refractivity contribution in [1.29, 1.82) is 0 Å². The van der Waals surface area contributed by atoms with Crippen LogP contribution >= 0.6 is 11.8 Å². The number of likely N-dealkylation sites (tertiary alicyclic amines) is 1. The van der Waals surface area contributed by atoms with Gasteiger partial charge in [0.25, 0.3) is 5.69 Å². The summed E-state index contributed by atoms with van der Waals surface area (Å²) in [5.41, 5.74) is 1.03. The van der Waals surface area contributed by atoms with Crippen LogP contribution in [0.4, 0.5) is 5.69 Å². The summed E-state index contributed by atoms with van der Waals surface area (Å²) in [6.07, 6.45) is 2.13. The summed E-state index contributed by atoms with van der Waals surface area (Å²) in [6.45, 7) is 2.60. The van der Waals surface area contributed by atoms with E-state index in [-0.39, 0.29) is 10.6 Å². The minimum Gasteiger partial charge on any atom is -0.304 e. The number of likely N-dealkylation sites (N-methyl/N-ethyl adjacent to an activating group) is 1. The van der Waals surface area contributed by atoms with E-state index in [9.17, 15) is 10.1 Å². The van der Waals surface area contributed by atoms with Crippen LogP contribution in [-0.2, 0) is 6.54 Å². The van der Waals surface area contributed by atoms with E-state index in [2.05, 4.69) is 30.2 Å².